The molecule has 1 unspecified atom stereocenters. The summed E-state index contributed by atoms with van der Waals surface area (Å²) in [5, 5.41) is -0.0467. The molecule has 27 heavy (non-hydrogen) atoms. The van der Waals surface area contributed by atoms with E-state index in [2.05, 4.69) is 0 Å². The number of allylic oxidation sites excluding steroid dienone is 1. The molecule has 0 fully saturated rings. The van der Waals surface area contributed by atoms with Gasteiger partial charge in [0.25, 0.3) is 0 Å². The van der Waals surface area contributed by atoms with Crippen molar-refractivity contribution in [3.05, 3.63) is 73.7 Å². The van der Waals surface area contributed by atoms with Crippen molar-refractivity contribution in [1.82, 2.24) is 0 Å². The van der Waals surface area contributed by atoms with Gasteiger partial charge in [-0.2, -0.15) is 13.2 Å². The monoisotopic (exact) mass is 432 g/mol. The molecule has 0 N–H and O–H groups in total. The van der Waals surface area contributed by atoms with Crippen LogP contribution in [0.4, 0.5) is 13.2 Å². The zero-order chi connectivity index (χ0) is 19.8. The fraction of sp³-hybridized carbons (Fsp3) is 0.250. The molecule has 0 amide bonds. The smallest absolute Gasteiger partial charge is 0.294 e. The molecule has 1 atom stereocenters. The van der Waals surface area contributed by atoms with E-state index in [0.29, 0.717) is 17.5 Å². The standard InChI is InChI=1S/C20H14Cl3F3O/c21-16-9-13(10-17(22)19(16)23)15(20(24,25)26)7-5-11-4-6-14-12(8-11)2-1-3-18(14)27/h4-10,15H,1-3H2. The van der Waals surface area contributed by atoms with Crippen molar-refractivity contribution in [2.45, 2.75) is 31.4 Å². The first-order valence-electron chi connectivity index (χ1n) is 8.22. The van der Waals surface area contributed by atoms with Crippen LogP contribution in [-0.4, -0.2) is 12.0 Å². The maximum absolute atomic E-state index is 13.6. The maximum atomic E-state index is 13.6. The molecule has 2 aromatic rings. The zero-order valence-corrected chi connectivity index (χ0v) is 16.2. The Morgan fingerprint density at radius 3 is 2.30 bits per heavy atom. The van der Waals surface area contributed by atoms with Crippen LogP contribution in [0.2, 0.25) is 15.1 Å². The first-order chi connectivity index (χ1) is 12.7. The Morgan fingerprint density at radius 1 is 1.00 bits per heavy atom. The van der Waals surface area contributed by atoms with Gasteiger partial charge in [0.15, 0.2) is 5.78 Å². The van der Waals surface area contributed by atoms with Crippen molar-refractivity contribution >= 4 is 46.7 Å². The molecule has 2 aromatic carbocycles. The normalized spacial score (nSPS) is 15.9. The average Bonchev–Trinajstić information content (AvgIpc) is 2.58. The van der Waals surface area contributed by atoms with E-state index >= 15 is 0 Å². The second kappa shape index (κ2) is 7.86. The van der Waals surface area contributed by atoms with E-state index in [9.17, 15) is 18.0 Å². The summed E-state index contributed by atoms with van der Waals surface area (Å²) in [5.41, 5.74) is 2.03. The highest BCUT2D eigenvalue weighted by Crippen LogP contribution is 2.41. The summed E-state index contributed by atoms with van der Waals surface area (Å²) in [5.74, 6) is -1.81. The third kappa shape index (κ3) is 4.50. The molecular weight excluding hydrogens is 420 g/mol. The first kappa shape index (κ1) is 20.2. The Balaban J connectivity index is 1.95. The number of aryl methyl sites for hydroxylation is 1. The number of hydrogen-bond acceptors (Lipinski definition) is 1. The van der Waals surface area contributed by atoms with E-state index in [4.69, 9.17) is 34.8 Å². The van der Waals surface area contributed by atoms with E-state index < -0.39 is 12.1 Å². The lowest BCUT2D eigenvalue weighted by molar-refractivity contribution is -0.139. The number of fused-ring (bicyclic) bond motifs is 1. The van der Waals surface area contributed by atoms with Gasteiger partial charge in [0.1, 0.15) is 0 Å². The first-order valence-corrected chi connectivity index (χ1v) is 9.35. The van der Waals surface area contributed by atoms with E-state index in [1.54, 1.807) is 18.2 Å². The summed E-state index contributed by atoms with van der Waals surface area (Å²) in [4.78, 5) is 11.9. The number of rotatable bonds is 3. The highest BCUT2D eigenvalue weighted by Gasteiger charge is 2.39. The van der Waals surface area contributed by atoms with E-state index in [0.717, 1.165) is 24.5 Å². The van der Waals surface area contributed by atoms with Crippen LogP contribution in [0, 0.1) is 0 Å². The second-order valence-corrected chi connectivity index (χ2v) is 7.56. The minimum Gasteiger partial charge on any atom is -0.294 e. The number of ketones is 1. The number of halogens is 6. The summed E-state index contributed by atoms with van der Waals surface area (Å²) in [7, 11) is 0. The minimum absolute atomic E-state index is 0.0198. The maximum Gasteiger partial charge on any atom is 0.399 e. The topological polar surface area (TPSA) is 17.1 Å². The van der Waals surface area contributed by atoms with Gasteiger partial charge in [-0.1, -0.05) is 65.2 Å². The second-order valence-electron chi connectivity index (χ2n) is 6.37. The fourth-order valence-electron chi connectivity index (χ4n) is 3.14. The molecule has 1 aliphatic carbocycles. The molecule has 0 aromatic heterocycles. The van der Waals surface area contributed by atoms with Gasteiger partial charge in [0, 0.05) is 12.0 Å². The van der Waals surface area contributed by atoms with Crippen LogP contribution in [0.15, 0.2) is 36.4 Å². The molecule has 3 rings (SSSR count). The Hall–Kier alpha value is -1.49. The Labute approximate surface area is 169 Å². The zero-order valence-electron chi connectivity index (χ0n) is 13.9. The third-order valence-electron chi connectivity index (χ3n) is 4.48. The quantitative estimate of drug-likeness (QED) is 0.457. The van der Waals surface area contributed by atoms with Gasteiger partial charge in [-0.25, -0.2) is 0 Å². The highest BCUT2D eigenvalue weighted by atomic mass is 35.5. The van der Waals surface area contributed by atoms with Crippen LogP contribution in [0.1, 0.15) is 45.8 Å². The fourth-order valence-corrected chi connectivity index (χ4v) is 3.75. The van der Waals surface area contributed by atoms with Crippen molar-refractivity contribution in [3.8, 4) is 0 Å². The van der Waals surface area contributed by atoms with Crippen molar-refractivity contribution in [1.29, 1.82) is 0 Å². The van der Waals surface area contributed by atoms with Gasteiger partial charge in [0.05, 0.1) is 21.0 Å². The van der Waals surface area contributed by atoms with Crippen molar-refractivity contribution in [2.24, 2.45) is 0 Å². The van der Waals surface area contributed by atoms with Gasteiger partial charge < -0.3 is 0 Å². The van der Waals surface area contributed by atoms with E-state index in [-0.39, 0.29) is 26.4 Å². The molecule has 142 valence electrons. The molecule has 0 aliphatic heterocycles. The number of hydrogen-bond donors (Lipinski definition) is 0. The molecule has 0 saturated carbocycles. The van der Waals surface area contributed by atoms with Crippen molar-refractivity contribution in [2.75, 3.05) is 0 Å². The van der Waals surface area contributed by atoms with Crippen molar-refractivity contribution in [3.63, 3.8) is 0 Å². The lowest BCUT2D eigenvalue weighted by Gasteiger charge is -2.19. The van der Waals surface area contributed by atoms with Gasteiger partial charge in [-0.15, -0.1) is 0 Å². The van der Waals surface area contributed by atoms with E-state index in [1.807, 2.05) is 0 Å². The Morgan fingerprint density at radius 2 is 1.67 bits per heavy atom. The Kier molecular flexibility index (Phi) is 5.90. The summed E-state index contributed by atoms with van der Waals surface area (Å²) in [6.07, 6.45) is -0.0619. The molecule has 1 aliphatic rings. The van der Waals surface area contributed by atoms with Gasteiger partial charge in [-0.05, 0) is 41.7 Å². The van der Waals surface area contributed by atoms with Crippen LogP contribution in [0.3, 0.4) is 0 Å². The lowest BCUT2D eigenvalue weighted by atomic mass is 9.89. The van der Waals surface area contributed by atoms with Gasteiger partial charge in [0.2, 0.25) is 0 Å². The molecule has 0 saturated heterocycles. The van der Waals surface area contributed by atoms with Crippen LogP contribution < -0.4 is 0 Å². The number of carbonyl (C=O) groups is 1. The number of Topliss-reactive ketones (excluding diaryl/α,β-unsaturated/α-hetero) is 1. The number of alkyl halides is 3. The van der Waals surface area contributed by atoms with Crippen LogP contribution in [-0.2, 0) is 6.42 Å². The van der Waals surface area contributed by atoms with E-state index in [1.165, 1.54) is 18.2 Å². The number of carbonyl (C=O) groups excluding carboxylic acids is 1. The molecule has 0 heterocycles. The third-order valence-corrected chi connectivity index (χ3v) is 5.68. The van der Waals surface area contributed by atoms with Crippen LogP contribution in [0.25, 0.3) is 6.08 Å². The predicted octanol–water partition coefficient (Wildman–Crippen LogP) is 7.53. The van der Waals surface area contributed by atoms with Gasteiger partial charge >= 0.3 is 6.18 Å². The van der Waals surface area contributed by atoms with Crippen molar-refractivity contribution < 1.29 is 18.0 Å². The predicted molar refractivity (Wildman–Crippen MR) is 103 cm³/mol. The largest absolute Gasteiger partial charge is 0.399 e. The summed E-state index contributed by atoms with van der Waals surface area (Å²) in [6, 6.07) is 7.43. The summed E-state index contributed by atoms with van der Waals surface area (Å²) >= 11 is 17.6. The highest BCUT2D eigenvalue weighted by molar-refractivity contribution is 6.48. The van der Waals surface area contributed by atoms with Crippen LogP contribution in [0.5, 0.6) is 0 Å². The molecular formula is C20H14Cl3F3O. The molecule has 0 bridgehead atoms. The SMILES string of the molecule is O=C1CCCc2cc(C=CC(c3cc(Cl)c(Cl)c(Cl)c3)C(F)(F)F)ccc21. The average molecular weight is 434 g/mol. The summed E-state index contributed by atoms with van der Waals surface area (Å²) in [6.45, 7) is 0. The summed E-state index contributed by atoms with van der Waals surface area (Å²) < 4.78 is 40.7. The van der Waals surface area contributed by atoms with Gasteiger partial charge in [-0.3, -0.25) is 4.79 Å². The number of benzene rings is 2. The molecule has 7 heteroatoms. The minimum atomic E-state index is -4.53. The lowest BCUT2D eigenvalue weighted by Crippen LogP contribution is -2.19. The Bertz CT molecular complexity index is 896. The molecule has 0 spiro atoms. The molecule has 1 nitrogen and oxygen atoms in total. The van der Waals surface area contributed by atoms with Crippen LogP contribution >= 0.6 is 34.8 Å². The molecule has 0 radical (unpaired) electrons.